The molecule has 29 heavy (non-hydrogen) atoms. The number of rotatable bonds is 6. The minimum absolute atomic E-state index is 0.0230. The molecule has 0 saturated carbocycles. The van der Waals surface area contributed by atoms with Gasteiger partial charge in [0, 0.05) is 37.9 Å². The first-order chi connectivity index (χ1) is 14.3. The number of thiophene rings is 1. The maximum atomic E-state index is 11.6. The molecule has 2 aliphatic heterocycles. The van der Waals surface area contributed by atoms with Crippen molar-refractivity contribution >= 4 is 23.3 Å². The molecule has 0 radical (unpaired) electrons. The van der Waals surface area contributed by atoms with Crippen LogP contribution in [0.5, 0.6) is 11.5 Å². The average Bonchev–Trinajstić information content (AvgIpc) is 3.50. The van der Waals surface area contributed by atoms with E-state index in [1.165, 1.54) is 0 Å². The van der Waals surface area contributed by atoms with Crippen LogP contribution in [0.3, 0.4) is 0 Å². The van der Waals surface area contributed by atoms with Crippen LogP contribution in [0.15, 0.2) is 41.9 Å². The number of fused-ring (bicyclic) bond motifs is 1. The van der Waals surface area contributed by atoms with Crippen LogP contribution in [0.1, 0.15) is 0 Å². The predicted molar refractivity (Wildman–Crippen MR) is 110 cm³/mol. The van der Waals surface area contributed by atoms with Crippen LogP contribution in [0.4, 0.5) is 10.7 Å². The van der Waals surface area contributed by atoms with E-state index in [4.69, 9.17) is 14.5 Å². The molecule has 2 aromatic heterocycles. The maximum Gasteiger partial charge on any atom is 0.317 e. The number of amides is 2. The van der Waals surface area contributed by atoms with E-state index in [9.17, 15) is 4.79 Å². The van der Waals surface area contributed by atoms with Gasteiger partial charge < -0.3 is 25.0 Å². The summed E-state index contributed by atoms with van der Waals surface area (Å²) >= 11 is 1.63. The average molecular weight is 409 g/mol. The summed E-state index contributed by atoms with van der Waals surface area (Å²) in [4.78, 5) is 23.7. The molecule has 0 spiro atoms. The number of urea groups is 1. The third kappa shape index (κ3) is 3.56. The molecule has 1 aromatic carbocycles. The van der Waals surface area contributed by atoms with Gasteiger partial charge in [0.15, 0.2) is 11.5 Å². The van der Waals surface area contributed by atoms with Crippen molar-refractivity contribution in [1.29, 1.82) is 0 Å². The second-order valence-corrected chi connectivity index (χ2v) is 7.59. The summed E-state index contributed by atoms with van der Waals surface area (Å²) in [7, 11) is 0. The summed E-state index contributed by atoms with van der Waals surface area (Å²) in [5, 5.41) is 8.06. The molecule has 0 unspecified atom stereocenters. The van der Waals surface area contributed by atoms with Crippen LogP contribution >= 0.6 is 11.3 Å². The Morgan fingerprint density at radius 1 is 1.24 bits per heavy atom. The van der Waals surface area contributed by atoms with Crippen LogP contribution in [-0.2, 0) is 0 Å². The van der Waals surface area contributed by atoms with Gasteiger partial charge in [-0.3, -0.25) is 0 Å². The molecule has 5 rings (SSSR count). The number of benzene rings is 1. The Bertz CT molecular complexity index is 1040. The fourth-order valence-corrected chi connectivity index (χ4v) is 4.10. The summed E-state index contributed by atoms with van der Waals surface area (Å²) < 4.78 is 10.9. The molecule has 148 valence electrons. The highest BCUT2D eigenvalue weighted by Gasteiger charge is 2.20. The first-order valence-corrected chi connectivity index (χ1v) is 10.2. The van der Waals surface area contributed by atoms with Crippen molar-refractivity contribution in [1.82, 2.24) is 20.2 Å². The summed E-state index contributed by atoms with van der Waals surface area (Å²) in [6.45, 7) is 2.85. The topological polar surface area (TPSA) is 88.6 Å². The van der Waals surface area contributed by atoms with Crippen molar-refractivity contribution in [3.8, 4) is 33.2 Å². The summed E-state index contributed by atoms with van der Waals surface area (Å²) in [5.74, 6) is 2.01. The number of carbonyl (C=O) groups is 1. The number of carbonyl (C=O) groups excluding carboxylic acids is 1. The summed E-state index contributed by atoms with van der Waals surface area (Å²) in [6, 6.07) is 9.87. The Labute approximate surface area is 171 Å². The third-order valence-corrected chi connectivity index (χ3v) is 5.71. The molecule has 2 amide bonds. The minimum atomic E-state index is -0.0230. The Morgan fingerprint density at radius 3 is 3.00 bits per heavy atom. The zero-order chi connectivity index (χ0) is 19.6. The predicted octanol–water partition coefficient (Wildman–Crippen LogP) is 3.04. The van der Waals surface area contributed by atoms with E-state index >= 15 is 0 Å². The molecule has 1 fully saturated rings. The molecule has 1 saturated heterocycles. The van der Waals surface area contributed by atoms with Gasteiger partial charge in [0.05, 0.1) is 10.6 Å². The van der Waals surface area contributed by atoms with Crippen molar-refractivity contribution in [2.45, 2.75) is 0 Å². The Kier molecular flexibility index (Phi) is 4.65. The van der Waals surface area contributed by atoms with E-state index in [1.54, 1.807) is 16.2 Å². The quantitative estimate of drug-likeness (QED) is 0.651. The zero-order valence-electron chi connectivity index (χ0n) is 15.6. The van der Waals surface area contributed by atoms with Gasteiger partial charge >= 0.3 is 6.03 Å². The molecule has 0 aliphatic carbocycles. The van der Waals surface area contributed by atoms with Gasteiger partial charge in [-0.1, -0.05) is 12.1 Å². The Hall–Kier alpha value is -3.33. The number of ether oxygens (including phenoxy) is 2. The lowest BCUT2D eigenvalue weighted by Gasteiger charge is -2.15. The zero-order valence-corrected chi connectivity index (χ0v) is 16.4. The lowest BCUT2D eigenvalue weighted by molar-refractivity contribution is 0.174. The number of anilines is 1. The highest BCUT2D eigenvalue weighted by atomic mass is 32.1. The number of aromatic nitrogens is 2. The standard InChI is InChI=1S/C20H19N5O3S/c26-20-22-6-8-25(20)7-5-21-19-23-11-14(18(24-19)17-2-1-9-29-17)13-3-4-15-16(10-13)28-12-27-15/h1-4,9-11H,5-8,12H2,(H,22,26)(H,21,23,24). The van der Waals surface area contributed by atoms with Gasteiger partial charge in [0.1, 0.15) is 0 Å². The molecular formula is C20H19N5O3S. The molecule has 0 bridgehead atoms. The highest BCUT2D eigenvalue weighted by molar-refractivity contribution is 7.13. The van der Waals surface area contributed by atoms with Crippen molar-refractivity contribution in [2.24, 2.45) is 0 Å². The van der Waals surface area contributed by atoms with E-state index in [1.807, 2.05) is 41.9 Å². The molecule has 2 aliphatic rings. The lowest BCUT2D eigenvalue weighted by Crippen LogP contribution is -2.32. The van der Waals surface area contributed by atoms with Crippen molar-refractivity contribution in [2.75, 3.05) is 38.3 Å². The third-order valence-electron chi connectivity index (χ3n) is 4.84. The highest BCUT2D eigenvalue weighted by Crippen LogP contribution is 2.39. The number of hydrogen-bond acceptors (Lipinski definition) is 7. The van der Waals surface area contributed by atoms with E-state index in [-0.39, 0.29) is 12.8 Å². The summed E-state index contributed by atoms with van der Waals surface area (Å²) in [6.07, 6.45) is 1.82. The van der Waals surface area contributed by atoms with E-state index in [2.05, 4.69) is 15.6 Å². The van der Waals surface area contributed by atoms with Gasteiger partial charge in [0.25, 0.3) is 0 Å². The van der Waals surface area contributed by atoms with Gasteiger partial charge in [-0.25, -0.2) is 14.8 Å². The van der Waals surface area contributed by atoms with E-state index in [0.29, 0.717) is 25.6 Å². The molecule has 9 heteroatoms. The number of nitrogens with one attached hydrogen (secondary N) is 2. The first kappa shape index (κ1) is 17.7. The monoisotopic (exact) mass is 409 g/mol. The lowest BCUT2D eigenvalue weighted by atomic mass is 10.0. The fraction of sp³-hybridized carbons (Fsp3) is 0.250. The van der Waals surface area contributed by atoms with Crippen LogP contribution in [0.25, 0.3) is 21.7 Å². The second-order valence-electron chi connectivity index (χ2n) is 6.65. The molecule has 8 nitrogen and oxygen atoms in total. The van der Waals surface area contributed by atoms with E-state index < -0.39 is 0 Å². The summed E-state index contributed by atoms with van der Waals surface area (Å²) in [5.41, 5.74) is 2.75. The van der Waals surface area contributed by atoms with E-state index in [0.717, 1.165) is 39.7 Å². The first-order valence-electron chi connectivity index (χ1n) is 9.35. The molecular weight excluding hydrogens is 390 g/mol. The van der Waals surface area contributed by atoms with Gasteiger partial charge in [-0.15, -0.1) is 11.3 Å². The minimum Gasteiger partial charge on any atom is -0.454 e. The van der Waals surface area contributed by atoms with Crippen molar-refractivity contribution in [3.05, 3.63) is 41.9 Å². The van der Waals surface area contributed by atoms with Gasteiger partial charge in [-0.2, -0.15) is 0 Å². The molecule has 2 N–H and O–H groups in total. The normalized spacial score (nSPS) is 14.9. The second kappa shape index (κ2) is 7.59. The Balaban J connectivity index is 1.41. The Morgan fingerprint density at radius 2 is 2.17 bits per heavy atom. The SMILES string of the molecule is O=C1NCCN1CCNc1ncc(-c2ccc3c(c2)OCO3)c(-c2cccs2)n1. The molecule has 0 atom stereocenters. The number of nitrogens with zero attached hydrogens (tertiary/aromatic N) is 3. The number of hydrogen-bond donors (Lipinski definition) is 2. The van der Waals surface area contributed by atoms with Crippen molar-refractivity contribution < 1.29 is 14.3 Å². The van der Waals surface area contributed by atoms with Gasteiger partial charge in [-0.05, 0) is 29.1 Å². The van der Waals surface area contributed by atoms with Crippen LogP contribution in [0.2, 0.25) is 0 Å². The van der Waals surface area contributed by atoms with Crippen LogP contribution in [0, 0.1) is 0 Å². The molecule has 4 heterocycles. The van der Waals surface area contributed by atoms with Crippen molar-refractivity contribution in [3.63, 3.8) is 0 Å². The van der Waals surface area contributed by atoms with Gasteiger partial charge in [0.2, 0.25) is 12.7 Å². The van der Waals surface area contributed by atoms with Crippen LogP contribution < -0.4 is 20.1 Å². The molecule has 3 aromatic rings. The largest absolute Gasteiger partial charge is 0.454 e. The van der Waals surface area contributed by atoms with Crippen LogP contribution in [-0.4, -0.2) is 53.9 Å². The fourth-order valence-electron chi connectivity index (χ4n) is 3.37. The maximum absolute atomic E-state index is 11.6. The smallest absolute Gasteiger partial charge is 0.317 e.